The Bertz CT molecular complexity index is 1150. The second kappa shape index (κ2) is 8.76. The van der Waals surface area contributed by atoms with E-state index < -0.39 is 10.0 Å². The summed E-state index contributed by atoms with van der Waals surface area (Å²) in [6.45, 7) is 1.29. The minimum absolute atomic E-state index is 0.133. The summed E-state index contributed by atoms with van der Waals surface area (Å²) in [7, 11) is -3.59. The maximum Gasteiger partial charge on any atom is 0.240 e. The van der Waals surface area contributed by atoms with E-state index in [4.69, 9.17) is 0 Å². The van der Waals surface area contributed by atoms with E-state index in [1.807, 2.05) is 4.90 Å². The van der Waals surface area contributed by atoms with Crippen molar-refractivity contribution in [2.45, 2.75) is 23.8 Å². The minimum Gasteiger partial charge on any atom is -0.301 e. The molecule has 0 radical (unpaired) electrons. The normalized spacial score (nSPS) is 17.8. The number of halogens is 1. The van der Waals surface area contributed by atoms with E-state index in [1.54, 1.807) is 36.4 Å². The van der Waals surface area contributed by atoms with Crippen molar-refractivity contribution in [3.8, 4) is 0 Å². The predicted octanol–water partition coefficient (Wildman–Crippen LogP) is 2.82. The molecule has 7 nitrogen and oxygen atoms in total. The van der Waals surface area contributed by atoms with Crippen molar-refractivity contribution in [1.82, 2.24) is 14.6 Å². The quantitative estimate of drug-likeness (QED) is 0.605. The molecule has 1 aromatic heterocycles. The van der Waals surface area contributed by atoms with Gasteiger partial charge in [-0.3, -0.25) is 9.69 Å². The summed E-state index contributed by atoms with van der Waals surface area (Å²) in [5.41, 5.74) is 0.630. The number of sulfonamides is 1. The molecule has 0 bridgehead atoms. The van der Waals surface area contributed by atoms with E-state index in [-0.39, 0.29) is 29.2 Å². The molecule has 1 amide bonds. The molecule has 158 valence electrons. The zero-order chi connectivity index (χ0) is 21.1. The fourth-order valence-corrected chi connectivity index (χ4v) is 5.69. The number of nitrogens with zero attached hydrogens (tertiary/aromatic N) is 2. The van der Waals surface area contributed by atoms with Gasteiger partial charge in [0, 0.05) is 12.6 Å². The fourth-order valence-electron chi connectivity index (χ4n) is 3.50. The number of fused-ring (bicyclic) bond motifs is 1. The Morgan fingerprint density at radius 3 is 2.83 bits per heavy atom. The molecular weight excluding hydrogens is 427 g/mol. The van der Waals surface area contributed by atoms with Gasteiger partial charge in [0.25, 0.3) is 0 Å². The van der Waals surface area contributed by atoms with Gasteiger partial charge in [0.2, 0.25) is 15.9 Å². The number of hydrogen-bond donors (Lipinski definition) is 2. The van der Waals surface area contributed by atoms with Crippen LogP contribution in [-0.2, 0) is 14.8 Å². The molecule has 10 heteroatoms. The van der Waals surface area contributed by atoms with Crippen molar-refractivity contribution >= 4 is 42.6 Å². The first-order chi connectivity index (χ1) is 14.4. The number of nitrogens with one attached hydrogen (secondary N) is 2. The van der Waals surface area contributed by atoms with Gasteiger partial charge in [-0.25, -0.2) is 22.5 Å². The molecule has 30 heavy (non-hydrogen) atoms. The highest BCUT2D eigenvalue weighted by molar-refractivity contribution is 7.89. The first kappa shape index (κ1) is 20.9. The van der Waals surface area contributed by atoms with E-state index in [0.29, 0.717) is 34.9 Å². The zero-order valence-corrected chi connectivity index (χ0v) is 17.7. The number of anilines is 1. The van der Waals surface area contributed by atoms with E-state index in [1.165, 1.54) is 23.5 Å². The summed E-state index contributed by atoms with van der Waals surface area (Å²) < 4.78 is 41.8. The highest BCUT2D eigenvalue weighted by Crippen LogP contribution is 2.26. The summed E-state index contributed by atoms with van der Waals surface area (Å²) >= 11 is 1.21. The Kier molecular flexibility index (Phi) is 6.09. The summed E-state index contributed by atoms with van der Waals surface area (Å²) in [5, 5.41) is 3.17. The molecule has 3 aromatic rings. The molecule has 2 heterocycles. The van der Waals surface area contributed by atoms with Gasteiger partial charge in [-0.15, -0.1) is 0 Å². The Labute approximate surface area is 178 Å². The van der Waals surface area contributed by atoms with E-state index >= 15 is 0 Å². The average Bonchev–Trinajstić information content (AvgIpc) is 3.09. The molecule has 1 fully saturated rings. The number of likely N-dealkylation sites (tertiary alicyclic amines) is 1. The van der Waals surface area contributed by atoms with E-state index in [9.17, 15) is 17.6 Å². The van der Waals surface area contributed by atoms with Crippen LogP contribution in [-0.4, -0.2) is 49.9 Å². The van der Waals surface area contributed by atoms with Gasteiger partial charge < -0.3 is 5.32 Å². The Morgan fingerprint density at radius 1 is 1.23 bits per heavy atom. The maximum absolute atomic E-state index is 13.3. The van der Waals surface area contributed by atoms with Crippen molar-refractivity contribution in [2.24, 2.45) is 0 Å². The molecule has 0 spiro atoms. The van der Waals surface area contributed by atoms with Crippen LogP contribution in [0, 0.1) is 5.82 Å². The minimum atomic E-state index is -3.59. The molecule has 0 aliphatic carbocycles. The zero-order valence-electron chi connectivity index (χ0n) is 16.0. The van der Waals surface area contributed by atoms with Gasteiger partial charge in [0.05, 0.1) is 21.7 Å². The van der Waals surface area contributed by atoms with Crippen molar-refractivity contribution in [2.75, 3.05) is 25.0 Å². The van der Waals surface area contributed by atoms with Gasteiger partial charge in [0.15, 0.2) is 5.13 Å². The van der Waals surface area contributed by atoms with Crippen LogP contribution in [0.3, 0.4) is 0 Å². The molecule has 2 aromatic carbocycles. The molecule has 4 rings (SSSR count). The number of rotatable bonds is 6. The van der Waals surface area contributed by atoms with Crippen LogP contribution in [0.1, 0.15) is 12.8 Å². The predicted molar refractivity (Wildman–Crippen MR) is 114 cm³/mol. The number of thiazole rings is 1. The summed E-state index contributed by atoms with van der Waals surface area (Å²) in [4.78, 5) is 18.9. The van der Waals surface area contributed by atoms with Crippen molar-refractivity contribution in [1.29, 1.82) is 0 Å². The van der Waals surface area contributed by atoms with Gasteiger partial charge in [-0.2, -0.15) is 0 Å². The molecule has 1 aliphatic rings. The number of carbonyl (C=O) groups is 1. The lowest BCUT2D eigenvalue weighted by Crippen LogP contribution is -2.49. The van der Waals surface area contributed by atoms with Gasteiger partial charge in [0.1, 0.15) is 5.82 Å². The SMILES string of the molecule is O=C(CN1CCCC(NS(=O)(=O)c2ccccc2)C1)Nc1nc2ccc(F)cc2s1. The third-order valence-corrected chi connectivity index (χ3v) is 7.31. The monoisotopic (exact) mass is 448 g/mol. The van der Waals surface area contributed by atoms with Crippen molar-refractivity contribution < 1.29 is 17.6 Å². The first-order valence-electron chi connectivity index (χ1n) is 9.55. The summed E-state index contributed by atoms with van der Waals surface area (Å²) in [5.74, 6) is -0.581. The van der Waals surface area contributed by atoms with E-state index in [2.05, 4.69) is 15.0 Å². The number of benzene rings is 2. The second-order valence-electron chi connectivity index (χ2n) is 7.19. The average molecular weight is 449 g/mol. The van der Waals surface area contributed by atoms with Gasteiger partial charge in [-0.1, -0.05) is 29.5 Å². The largest absolute Gasteiger partial charge is 0.301 e. The summed E-state index contributed by atoms with van der Waals surface area (Å²) in [6, 6.07) is 12.3. The smallest absolute Gasteiger partial charge is 0.240 e. The molecule has 1 saturated heterocycles. The standard InChI is InChI=1S/C20H21FN4O3S2/c21-14-8-9-17-18(11-14)29-20(22-17)23-19(26)13-25-10-4-5-15(12-25)24-30(27,28)16-6-2-1-3-7-16/h1-3,6-9,11,15,24H,4-5,10,12-13H2,(H,22,23,26). The number of carbonyl (C=O) groups excluding carboxylic acids is 1. The number of piperidine rings is 1. The Morgan fingerprint density at radius 2 is 2.03 bits per heavy atom. The van der Waals surface area contributed by atoms with Crippen LogP contribution >= 0.6 is 11.3 Å². The lowest BCUT2D eigenvalue weighted by molar-refractivity contribution is -0.117. The Hall–Kier alpha value is -2.40. The molecule has 1 atom stereocenters. The fraction of sp³-hybridized carbons (Fsp3) is 0.300. The number of hydrogen-bond acceptors (Lipinski definition) is 6. The highest BCUT2D eigenvalue weighted by Gasteiger charge is 2.26. The maximum atomic E-state index is 13.3. The van der Waals surface area contributed by atoms with Crippen molar-refractivity contribution in [3.63, 3.8) is 0 Å². The number of amides is 1. The van der Waals surface area contributed by atoms with Crippen LogP contribution in [0.25, 0.3) is 10.2 Å². The van der Waals surface area contributed by atoms with Crippen LogP contribution in [0.5, 0.6) is 0 Å². The molecular formula is C20H21FN4O3S2. The van der Waals surface area contributed by atoms with Crippen LogP contribution in [0.15, 0.2) is 53.4 Å². The van der Waals surface area contributed by atoms with Crippen LogP contribution < -0.4 is 10.0 Å². The third kappa shape index (κ3) is 5.01. The van der Waals surface area contributed by atoms with Crippen molar-refractivity contribution in [3.05, 3.63) is 54.3 Å². The van der Waals surface area contributed by atoms with Crippen LogP contribution in [0.2, 0.25) is 0 Å². The molecule has 2 N–H and O–H groups in total. The number of aromatic nitrogens is 1. The van der Waals surface area contributed by atoms with Gasteiger partial charge in [-0.05, 0) is 49.7 Å². The lowest BCUT2D eigenvalue weighted by Gasteiger charge is -2.32. The topological polar surface area (TPSA) is 91.4 Å². The highest BCUT2D eigenvalue weighted by atomic mass is 32.2. The molecule has 0 saturated carbocycles. The molecule has 1 aliphatic heterocycles. The Balaban J connectivity index is 1.34. The lowest BCUT2D eigenvalue weighted by atomic mass is 10.1. The second-order valence-corrected chi connectivity index (χ2v) is 9.93. The van der Waals surface area contributed by atoms with E-state index in [0.717, 1.165) is 6.42 Å². The van der Waals surface area contributed by atoms with Crippen LogP contribution in [0.4, 0.5) is 9.52 Å². The summed E-state index contributed by atoms with van der Waals surface area (Å²) in [6.07, 6.45) is 1.50. The third-order valence-electron chi connectivity index (χ3n) is 4.84. The molecule has 1 unspecified atom stereocenters. The van der Waals surface area contributed by atoms with Gasteiger partial charge >= 0.3 is 0 Å². The first-order valence-corrected chi connectivity index (χ1v) is 11.8.